The van der Waals surface area contributed by atoms with Gasteiger partial charge in [-0.1, -0.05) is 30.7 Å². The summed E-state index contributed by atoms with van der Waals surface area (Å²) in [6, 6.07) is 13.4. The SMILES string of the molecule is CCC(C(=O)NCCCc1ccc(Cl)cc1)N(c1ccc(OC)cc1)S(C)(=O)=O. The van der Waals surface area contributed by atoms with Crippen molar-refractivity contribution in [3.05, 3.63) is 59.1 Å². The van der Waals surface area contributed by atoms with E-state index < -0.39 is 16.1 Å². The minimum Gasteiger partial charge on any atom is -0.497 e. The Morgan fingerprint density at radius 3 is 2.28 bits per heavy atom. The van der Waals surface area contributed by atoms with E-state index in [-0.39, 0.29) is 5.91 Å². The number of hydrogen-bond donors (Lipinski definition) is 1. The Morgan fingerprint density at radius 2 is 1.76 bits per heavy atom. The van der Waals surface area contributed by atoms with Gasteiger partial charge in [0.25, 0.3) is 0 Å². The van der Waals surface area contributed by atoms with Crippen LogP contribution in [0.15, 0.2) is 48.5 Å². The van der Waals surface area contributed by atoms with Crippen LogP contribution in [0, 0.1) is 0 Å². The van der Waals surface area contributed by atoms with E-state index in [0.717, 1.165) is 24.7 Å². The molecule has 2 aromatic rings. The zero-order valence-corrected chi connectivity index (χ0v) is 18.5. The molecular weight excluding hydrogens is 412 g/mol. The molecule has 1 amide bonds. The smallest absolute Gasteiger partial charge is 0.243 e. The molecule has 0 saturated heterocycles. The van der Waals surface area contributed by atoms with E-state index in [4.69, 9.17) is 16.3 Å². The summed E-state index contributed by atoms with van der Waals surface area (Å²) in [4.78, 5) is 12.8. The maximum atomic E-state index is 12.8. The van der Waals surface area contributed by atoms with E-state index in [2.05, 4.69) is 5.32 Å². The monoisotopic (exact) mass is 438 g/mol. The Kier molecular flexibility index (Phi) is 8.34. The van der Waals surface area contributed by atoms with Gasteiger partial charge in [-0.3, -0.25) is 9.10 Å². The average Bonchev–Trinajstić information content (AvgIpc) is 2.69. The number of amides is 1. The molecule has 0 bridgehead atoms. The third kappa shape index (κ3) is 6.65. The maximum absolute atomic E-state index is 12.8. The van der Waals surface area contributed by atoms with Gasteiger partial charge in [-0.2, -0.15) is 0 Å². The Morgan fingerprint density at radius 1 is 1.14 bits per heavy atom. The summed E-state index contributed by atoms with van der Waals surface area (Å²) in [5.41, 5.74) is 1.56. The number of ether oxygens (including phenoxy) is 1. The number of benzene rings is 2. The summed E-state index contributed by atoms with van der Waals surface area (Å²) < 4.78 is 31.2. The van der Waals surface area contributed by atoms with Crippen molar-refractivity contribution in [2.75, 3.05) is 24.2 Å². The van der Waals surface area contributed by atoms with Crippen molar-refractivity contribution in [2.24, 2.45) is 0 Å². The second kappa shape index (κ2) is 10.5. The molecule has 0 aliphatic carbocycles. The van der Waals surface area contributed by atoms with Gasteiger partial charge in [-0.25, -0.2) is 8.42 Å². The third-order valence-corrected chi connectivity index (χ3v) is 5.94. The predicted molar refractivity (Wildman–Crippen MR) is 117 cm³/mol. The van der Waals surface area contributed by atoms with Crippen LogP contribution in [0.4, 0.5) is 5.69 Å². The van der Waals surface area contributed by atoms with Gasteiger partial charge in [-0.15, -0.1) is 0 Å². The Labute approximate surface area is 177 Å². The lowest BCUT2D eigenvalue weighted by atomic mass is 10.1. The van der Waals surface area contributed by atoms with Crippen molar-refractivity contribution in [1.29, 1.82) is 0 Å². The van der Waals surface area contributed by atoms with E-state index in [1.54, 1.807) is 31.2 Å². The molecule has 1 atom stereocenters. The van der Waals surface area contributed by atoms with Crippen molar-refractivity contribution in [3.63, 3.8) is 0 Å². The van der Waals surface area contributed by atoms with E-state index in [0.29, 0.717) is 29.4 Å². The van der Waals surface area contributed by atoms with Crippen molar-refractivity contribution < 1.29 is 17.9 Å². The molecule has 2 aromatic carbocycles. The molecule has 6 nitrogen and oxygen atoms in total. The van der Waals surface area contributed by atoms with E-state index in [1.807, 2.05) is 24.3 Å². The molecular formula is C21H27ClN2O4S. The fourth-order valence-electron chi connectivity index (χ4n) is 3.06. The molecule has 29 heavy (non-hydrogen) atoms. The molecule has 1 unspecified atom stereocenters. The standard InChI is InChI=1S/C21H27ClN2O4S/c1-4-20(21(25)23-15-5-6-16-7-9-17(22)10-8-16)24(29(3,26)27)18-11-13-19(28-2)14-12-18/h7-14,20H,4-6,15H2,1-3H3,(H,23,25). The quantitative estimate of drug-likeness (QED) is 0.574. The molecule has 0 aromatic heterocycles. The number of sulfonamides is 1. The molecule has 8 heteroatoms. The Balaban J connectivity index is 2.04. The number of rotatable bonds is 10. The lowest BCUT2D eigenvalue weighted by molar-refractivity contribution is -0.122. The highest BCUT2D eigenvalue weighted by atomic mass is 35.5. The lowest BCUT2D eigenvalue weighted by Gasteiger charge is -2.30. The molecule has 158 valence electrons. The van der Waals surface area contributed by atoms with Crippen molar-refractivity contribution >= 4 is 33.2 Å². The summed E-state index contributed by atoms with van der Waals surface area (Å²) in [5.74, 6) is 0.298. The summed E-state index contributed by atoms with van der Waals surface area (Å²) in [6.45, 7) is 2.25. The topological polar surface area (TPSA) is 75.7 Å². The zero-order chi connectivity index (χ0) is 21.4. The van der Waals surface area contributed by atoms with Crippen LogP contribution >= 0.6 is 11.6 Å². The summed E-state index contributed by atoms with van der Waals surface area (Å²) >= 11 is 5.88. The molecule has 0 spiro atoms. The van der Waals surface area contributed by atoms with Gasteiger partial charge >= 0.3 is 0 Å². The van der Waals surface area contributed by atoms with Crippen LogP contribution in [0.3, 0.4) is 0 Å². The largest absolute Gasteiger partial charge is 0.497 e. The minimum atomic E-state index is -3.65. The van der Waals surface area contributed by atoms with Crippen LogP contribution in [0.5, 0.6) is 5.75 Å². The highest BCUT2D eigenvalue weighted by Crippen LogP contribution is 2.25. The number of methoxy groups -OCH3 is 1. The number of nitrogens with one attached hydrogen (secondary N) is 1. The highest BCUT2D eigenvalue weighted by Gasteiger charge is 2.31. The van der Waals surface area contributed by atoms with Crippen LogP contribution in [0.1, 0.15) is 25.3 Å². The van der Waals surface area contributed by atoms with Crippen LogP contribution in [0.25, 0.3) is 0 Å². The number of aryl methyl sites for hydroxylation is 1. The highest BCUT2D eigenvalue weighted by molar-refractivity contribution is 7.92. The second-order valence-corrected chi connectivity index (χ2v) is 9.00. The summed E-state index contributed by atoms with van der Waals surface area (Å²) in [6.07, 6.45) is 2.99. The normalized spacial score (nSPS) is 12.3. The van der Waals surface area contributed by atoms with Crippen molar-refractivity contribution in [3.8, 4) is 5.75 Å². The molecule has 0 saturated carbocycles. The predicted octanol–water partition coefficient (Wildman–Crippen LogP) is 3.64. The first kappa shape index (κ1) is 23.0. The van der Waals surface area contributed by atoms with Gasteiger partial charge in [0.1, 0.15) is 11.8 Å². The number of hydrogen-bond acceptors (Lipinski definition) is 4. The molecule has 0 radical (unpaired) electrons. The third-order valence-electron chi connectivity index (χ3n) is 4.51. The average molecular weight is 439 g/mol. The van der Waals surface area contributed by atoms with E-state index in [9.17, 15) is 13.2 Å². The molecule has 0 aliphatic rings. The summed E-state index contributed by atoms with van der Waals surface area (Å²) in [7, 11) is -2.11. The first-order valence-corrected chi connectivity index (χ1v) is 11.6. The van der Waals surface area contributed by atoms with E-state index in [1.165, 1.54) is 11.4 Å². The lowest BCUT2D eigenvalue weighted by Crippen LogP contribution is -2.49. The summed E-state index contributed by atoms with van der Waals surface area (Å²) in [5, 5.41) is 3.55. The van der Waals surface area contributed by atoms with Gasteiger partial charge in [0.05, 0.1) is 19.1 Å². The van der Waals surface area contributed by atoms with Gasteiger partial charge in [0, 0.05) is 11.6 Å². The molecule has 2 rings (SSSR count). The fraction of sp³-hybridized carbons (Fsp3) is 0.381. The van der Waals surface area contributed by atoms with Gasteiger partial charge in [0.2, 0.25) is 15.9 Å². The van der Waals surface area contributed by atoms with Crippen molar-refractivity contribution in [1.82, 2.24) is 5.32 Å². The zero-order valence-electron chi connectivity index (χ0n) is 16.9. The second-order valence-electron chi connectivity index (χ2n) is 6.70. The van der Waals surface area contributed by atoms with Crippen LogP contribution in [0.2, 0.25) is 5.02 Å². The maximum Gasteiger partial charge on any atom is 0.243 e. The van der Waals surface area contributed by atoms with Crippen molar-refractivity contribution in [2.45, 2.75) is 32.2 Å². The first-order chi connectivity index (χ1) is 13.8. The number of carbonyl (C=O) groups excluding carboxylic acids is 1. The van der Waals surface area contributed by atoms with Crippen LogP contribution in [-0.4, -0.2) is 40.3 Å². The number of carbonyl (C=O) groups is 1. The van der Waals surface area contributed by atoms with Gasteiger partial charge < -0.3 is 10.1 Å². The Hall–Kier alpha value is -2.25. The van der Waals surface area contributed by atoms with Crippen LogP contribution in [-0.2, 0) is 21.2 Å². The van der Waals surface area contributed by atoms with Gasteiger partial charge in [-0.05, 0) is 61.2 Å². The number of nitrogens with zero attached hydrogens (tertiary/aromatic N) is 1. The number of anilines is 1. The van der Waals surface area contributed by atoms with E-state index >= 15 is 0 Å². The first-order valence-electron chi connectivity index (χ1n) is 9.42. The number of halogens is 1. The minimum absolute atomic E-state index is 0.315. The van der Waals surface area contributed by atoms with Gasteiger partial charge in [0.15, 0.2) is 0 Å². The molecule has 1 N–H and O–H groups in total. The molecule has 0 fully saturated rings. The molecule has 0 aliphatic heterocycles. The Bertz CT molecular complexity index is 899. The molecule has 0 heterocycles. The fourth-order valence-corrected chi connectivity index (χ4v) is 4.40. The van der Waals surface area contributed by atoms with Crippen LogP contribution < -0.4 is 14.4 Å².